The number of carbonyl (C=O) groups is 1. The standard InChI is InChI=1S/C19H24N2O4/c1-13-5-7-14(8-6-13)11-20-12-18(22)21-15-9-16(23-2)19(25-4)17(10-15)24-3/h5-10,20H,11-12H2,1-4H3,(H,21,22). The molecule has 2 rings (SSSR count). The lowest BCUT2D eigenvalue weighted by Gasteiger charge is -2.14. The largest absolute Gasteiger partial charge is 0.493 e. The van der Waals surface area contributed by atoms with Gasteiger partial charge in [0.25, 0.3) is 0 Å². The maximum atomic E-state index is 12.1. The lowest BCUT2D eigenvalue weighted by Crippen LogP contribution is -2.27. The van der Waals surface area contributed by atoms with Crippen molar-refractivity contribution in [3.05, 3.63) is 47.5 Å². The van der Waals surface area contributed by atoms with Crippen LogP contribution in [0.4, 0.5) is 5.69 Å². The summed E-state index contributed by atoms with van der Waals surface area (Å²) >= 11 is 0. The third-order valence-corrected chi connectivity index (χ3v) is 3.68. The van der Waals surface area contributed by atoms with Crippen LogP contribution in [0.3, 0.4) is 0 Å². The summed E-state index contributed by atoms with van der Waals surface area (Å²) in [4.78, 5) is 12.1. The molecule has 0 heterocycles. The molecule has 134 valence electrons. The van der Waals surface area contributed by atoms with E-state index in [9.17, 15) is 4.79 Å². The summed E-state index contributed by atoms with van der Waals surface area (Å²) in [7, 11) is 4.60. The molecule has 0 atom stereocenters. The van der Waals surface area contributed by atoms with Gasteiger partial charge in [0.2, 0.25) is 11.7 Å². The molecule has 0 radical (unpaired) electrons. The van der Waals surface area contributed by atoms with Gasteiger partial charge in [0.1, 0.15) is 0 Å². The van der Waals surface area contributed by atoms with Gasteiger partial charge in [0, 0.05) is 24.4 Å². The van der Waals surface area contributed by atoms with E-state index in [2.05, 4.69) is 10.6 Å². The lowest BCUT2D eigenvalue weighted by molar-refractivity contribution is -0.115. The van der Waals surface area contributed by atoms with E-state index in [0.717, 1.165) is 5.56 Å². The molecule has 1 amide bonds. The van der Waals surface area contributed by atoms with Gasteiger partial charge in [-0.2, -0.15) is 0 Å². The van der Waals surface area contributed by atoms with Gasteiger partial charge in [-0.3, -0.25) is 4.79 Å². The van der Waals surface area contributed by atoms with Crippen LogP contribution in [-0.2, 0) is 11.3 Å². The van der Waals surface area contributed by atoms with Crippen LogP contribution in [0.2, 0.25) is 0 Å². The Bertz CT molecular complexity index is 689. The summed E-state index contributed by atoms with van der Waals surface area (Å²) in [6, 6.07) is 11.6. The molecule has 0 bridgehead atoms. The van der Waals surface area contributed by atoms with Crippen LogP contribution < -0.4 is 24.8 Å². The predicted octanol–water partition coefficient (Wildman–Crippen LogP) is 2.75. The Morgan fingerprint density at radius 3 is 2.08 bits per heavy atom. The second-order valence-electron chi connectivity index (χ2n) is 5.55. The topological polar surface area (TPSA) is 68.8 Å². The lowest BCUT2D eigenvalue weighted by atomic mass is 10.1. The molecular formula is C19H24N2O4. The highest BCUT2D eigenvalue weighted by Gasteiger charge is 2.14. The molecule has 6 heteroatoms. The summed E-state index contributed by atoms with van der Waals surface area (Å²) in [5.41, 5.74) is 2.92. The van der Waals surface area contributed by atoms with Crippen molar-refractivity contribution in [3.63, 3.8) is 0 Å². The number of ether oxygens (including phenoxy) is 3. The van der Waals surface area contributed by atoms with Crippen LogP contribution in [-0.4, -0.2) is 33.8 Å². The second kappa shape index (κ2) is 8.94. The first kappa shape index (κ1) is 18.6. The molecule has 2 aromatic carbocycles. The van der Waals surface area contributed by atoms with Gasteiger partial charge in [0.05, 0.1) is 27.9 Å². The highest BCUT2D eigenvalue weighted by atomic mass is 16.5. The molecule has 0 saturated carbocycles. The van der Waals surface area contributed by atoms with Crippen molar-refractivity contribution in [1.29, 1.82) is 0 Å². The minimum atomic E-state index is -0.151. The number of hydrogen-bond donors (Lipinski definition) is 2. The van der Waals surface area contributed by atoms with Crippen LogP contribution in [0.5, 0.6) is 17.2 Å². The number of carbonyl (C=O) groups excluding carboxylic acids is 1. The van der Waals surface area contributed by atoms with E-state index in [1.54, 1.807) is 12.1 Å². The summed E-state index contributed by atoms with van der Waals surface area (Å²) < 4.78 is 15.8. The Kier molecular flexibility index (Phi) is 6.65. The van der Waals surface area contributed by atoms with E-state index < -0.39 is 0 Å². The molecule has 25 heavy (non-hydrogen) atoms. The molecule has 2 aromatic rings. The summed E-state index contributed by atoms with van der Waals surface area (Å²) in [6.07, 6.45) is 0. The maximum Gasteiger partial charge on any atom is 0.238 e. The quantitative estimate of drug-likeness (QED) is 0.771. The number of nitrogens with one attached hydrogen (secondary N) is 2. The first-order valence-electron chi connectivity index (χ1n) is 7.93. The molecule has 0 saturated heterocycles. The Hall–Kier alpha value is -2.73. The van der Waals surface area contributed by atoms with Gasteiger partial charge in [0.15, 0.2) is 11.5 Å². The van der Waals surface area contributed by atoms with Crippen molar-refractivity contribution in [1.82, 2.24) is 5.32 Å². The predicted molar refractivity (Wildman–Crippen MR) is 97.6 cm³/mol. The third kappa shape index (κ3) is 5.12. The minimum absolute atomic E-state index is 0.151. The van der Waals surface area contributed by atoms with Crippen LogP contribution in [0.1, 0.15) is 11.1 Å². The molecule has 0 unspecified atom stereocenters. The van der Waals surface area contributed by atoms with Crippen molar-refractivity contribution in [2.45, 2.75) is 13.5 Å². The van der Waals surface area contributed by atoms with Gasteiger partial charge in [-0.05, 0) is 12.5 Å². The second-order valence-corrected chi connectivity index (χ2v) is 5.55. The van der Waals surface area contributed by atoms with E-state index in [0.29, 0.717) is 29.5 Å². The molecule has 0 aromatic heterocycles. The van der Waals surface area contributed by atoms with E-state index in [4.69, 9.17) is 14.2 Å². The molecule has 6 nitrogen and oxygen atoms in total. The number of hydrogen-bond acceptors (Lipinski definition) is 5. The Morgan fingerprint density at radius 2 is 1.56 bits per heavy atom. The van der Waals surface area contributed by atoms with Gasteiger partial charge in [-0.1, -0.05) is 29.8 Å². The van der Waals surface area contributed by atoms with Crippen molar-refractivity contribution in [2.75, 3.05) is 33.2 Å². The fourth-order valence-corrected chi connectivity index (χ4v) is 2.38. The highest BCUT2D eigenvalue weighted by molar-refractivity contribution is 5.93. The summed E-state index contributed by atoms with van der Waals surface area (Å²) in [5, 5.41) is 5.94. The number of methoxy groups -OCH3 is 3. The molecule has 0 fully saturated rings. The summed E-state index contributed by atoms with van der Waals surface area (Å²) in [5.74, 6) is 1.32. The van der Waals surface area contributed by atoms with E-state index in [1.807, 2.05) is 31.2 Å². The fourth-order valence-electron chi connectivity index (χ4n) is 2.38. The summed E-state index contributed by atoms with van der Waals surface area (Å²) in [6.45, 7) is 2.87. The normalized spacial score (nSPS) is 10.2. The van der Waals surface area contributed by atoms with Crippen LogP contribution in [0.25, 0.3) is 0 Å². The number of amides is 1. The first-order chi connectivity index (χ1) is 12.1. The smallest absolute Gasteiger partial charge is 0.238 e. The molecule has 2 N–H and O–H groups in total. The van der Waals surface area contributed by atoms with Crippen molar-refractivity contribution in [3.8, 4) is 17.2 Å². The van der Waals surface area contributed by atoms with E-state index in [-0.39, 0.29) is 12.5 Å². The average molecular weight is 344 g/mol. The fraction of sp³-hybridized carbons (Fsp3) is 0.316. The minimum Gasteiger partial charge on any atom is -0.493 e. The number of rotatable bonds is 8. The van der Waals surface area contributed by atoms with Crippen LogP contribution >= 0.6 is 0 Å². The maximum absolute atomic E-state index is 12.1. The Labute approximate surface area is 148 Å². The van der Waals surface area contributed by atoms with E-state index in [1.165, 1.54) is 26.9 Å². The number of benzene rings is 2. The molecular weight excluding hydrogens is 320 g/mol. The van der Waals surface area contributed by atoms with Gasteiger partial charge in [-0.25, -0.2) is 0 Å². The molecule has 0 aliphatic rings. The Balaban J connectivity index is 1.94. The van der Waals surface area contributed by atoms with Crippen LogP contribution in [0, 0.1) is 6.92 Å². The zero-order valence-electron chi connectivity index (χ0n) is 15.0. The van der Waals surface area contributed by atoms with Crippen LogP contribution in [0.15, 0.2) is 36.4 Å². The number of anilines is 1. The molecule has 0 spiro atoms. The SMILES string of the molecule is COc1cc(NC(=O)CNCc2ccc(C)cc2)cc(OC)c1OC. The Morgan fingerprint density at radius 1 is 0.960 bits per heavy atom. The highest BCUT2D eigenvalue weighted by Crippen LogP contribution is 2.39. The zero-order chi connectivity index (χ0) is 18.2. The average Bonchev–Trinajstić information content (AvgIpc) is 2.62. The molecule has 0 aliphatic heterocycles. The zero-order valence-corrected chi connectivity index (χ0v) is 15.0. The van der Waals surface area contributed by atoms with Crippen molar-refractivity contribution < 1.29 is 19.0 Å². The van der Waals surface area contributed by atoms with E-state index >= 15 is 0 Å². The van der Waals surface area contributed by atoms with Gasteiger partial charge >= 0.3 is 0 Å². The van der Waals surface area contributed by atoms with Crippen molar-refractivity contribution >= 4 is 11.6 Å². The van der Waals surface area contributed by atoms with Gasteiger partial charge < -0.3 is 24.8 Å². The third-order valence-electron chi connectivity index (χ3n) is 3.68. The number of aryl methyl sites for hydroxylation is 1. The molecule has 0 aliphatic carbocycles. The first-order valence-corrected chi connectivity index (χ1v) is 7.93. The van der Waals surface area contributed by atoms with Crippen molar-refractivity contribution in [2.24, 2.45) is 0 Å². The monoisotopic (exact) mass is 344 g/mol. The van der Waals surface area contributed by atoms with Gasteiger partial charge in [-0.15, -0.1) is 0 Å².